The molecule has 1 aliphatic heterocycles. The van der Waals surface area contributed by atoms with Gasteiger partial charge in [0.2, 0.25) is 0 Å². The van der Waals surface area contributed by atoms with E-state index in [-0.39, 0.29) is 30.8 Å². The molecular formula is C16H18F2O5. The number of aliphatic carboxylic acids is 1. The summed E-state index contributed by atoms with van der Waals surface area (Å²) in [6.45, 7) is 1.92. The Kier molecular flexibility index (Phi) is 4.58. The van der Waals surface area contributed by atoms with Crippen LogP contribution in [0.15, 0.2) is 18.2 Å². The van der Waals surface area contributed by atoms with Crippen LogP contribution in [-0.2, 0) is 26.2 Å². The maximum atomic E-state index is 14.1. The molecule has 0 bridgehead atoms. The number of alkyl halides is 2. The molecule has 0 amide bonds. The molecule has 1 heterocycles. The lowest BCUT2D eigenvalue weighted by atomic mass is 9.74. The number of aryl methyl sites for hydroxylation is 1. The van der Waals surface area contributed by atoms with Gasteiger partial charge in [0.05, 0.1) is 6.61 Å². The third-order valence-electron chi connectivity index (χ3n) is 4.10. The monoisotopic (exact) mass is 328 g/mol. The Balaban J connectivity index is 2.39. The van der Waals surface area contributed by atoms with E-state index in [0.717, 1.165) is 6.92 Å². The fourth-order valence-electron chi connectivity index (χ4n) is 2.59. The van der Waals surface area contributed by atoms with Crippen LogP contribution in [0.4, 0.5) is 8.78 Å². The van der Waals surface area contributed by atoms with Crippen molar-refractivity contribution < 1.29 is 33.0 Å². The Morgan fingerprint density at radius 3 is 2.70 bits per heavy atom. The van der Waals surface area contributed by atoms with Crippen molar-refractivity contribution in [1.29, 1.82) is 0 Å². The molecule has 1 aromatic carbocycles. The summed E-state index contributed by atoms with van der Waals surface area (Å²) < 4.78 is 38.3. The number of esters is 1. The highest BCUT2D eigenvalue weighted by atomic mass is 19.3. The van der Waals surface area contributed by atoms with Crippen molar-refractivity contribution in [2.75, 3.05) is 13.2 Å². The molecule has 1 aliphatic rings. The van der Waals surface area contributed by atoms with Crippen LogP contribution in [0.1, 0.15) is 31.4 Å². The summed E-state index contributed by atoms with van der Waals surface area (Å²) in [5.74, 6) is -5.44. The van der Waals surface area contributed by atoms with Gasteiger partial charge in [-0.1, -0.05) is 18.2 Å². The van der Waals surface area contributed by atoms with Crippen LogP contribution in [0.5, 0.6) is 5.75 Å². The van der Waals surface area contributed by atoms with E-state index >= 15 is 0 Å². The Labute approximate surface area is 132 Å². The second-order valence-corrected chi connectivity index (χ2v) is 5.52. The van der Waals surface area contributed by atoms with Gasteiger partial charge in [-0.05, 0) is 25.8 Å². The van der Waals surface area contributed by atoms with E-state index in [1.807, 2.05) is 0 Å². The third kappa shape index (κ3) is 2.87. The van der Waals surface area contributed by atoms with Crippen molar-refractivity contribution >= 4 is 11.9 Å². The van der Waals surface area contributed by atoms with Gasteiger partial charge in [0.25, 0.3) is 0 Å². The fraction of sp³-hybridized carbons (Fsp3) is 0.500. The summed E-state index contributed by atoms with van der Waals surface area (Å²) in [6, 6.07) is 4.44. The predicted octanol–water partition coefficient (Wildman–Crippen LogP) is 2.55. The SMILES string of the molecule is CCOC(=O)CCc1cccc2c1OCC(F)(F)C2(C)C(=O)O. The molecule has 0 saturated heterocycles. The predicted molar refractivity (Wildman–Crippen MR) is 76.8 cm³/mol. The number of carbonyl (C=O) groups excluding carboxylic acids is 1. The fourth-order valence-corrected chi connectivity index (χ4v) is 2.59. The summed E-state index contributed by atoms with van der Waals surface area (Å²) in [7, 11) is 0. The number of para-hydroxylation sites is 1. The molecule has 7 heteroatoms. The zero-order valence-corrected chi connectivity index (χ0v) is 12.9. The first-order chi connectivity index (χ1) is 10.7. The molecule has 0 aliphatic carbocycles. The summed E-state index contributed by atoms with van der Waals surface area (Å²) in [4.78, 5) is 23.0. The van der Waals surface area contributed by atoms with E-state index in [0.29, 0.717) is 5.56 Å². The van der Waals surface area contributed by atoms with Gasteiger partial charge < -0.3 is 14.6 Å². The number of carbonyl (C=O) groups is 2. The van der Waals surface area contributed by atoms with Crippen LogP contribution in [0, 0.1) is 0 Å². The topological polar surface area (TPSA) is 72.8 Å². The van der Waals surface area contributed by atoms with Crippen LogP contribution >= 0.6 is 0 Å². The number of carboxylic acids is 1. The first-order valence-electron chi connectivity index (χ1n) is 7.26. The Morgan fingerprint density at radius 2 is 2.09 bits per heavy atom. The van der Waals surface area contributed by atoms with E-state index < -0.39 is 29.9 Å². The average molecular weight is 328 g/mol. The lowest BCUT2D eigenvalue weighted by molar-refractivity contribution is -0.170. The molecular weight excluding hydrogens is 310 g/mol. The van der Waals surface area contributed by atoms with Crippen LogP contribution in [0.25, 0.3) is 0 Å². The number of hydrogen-bond acceptors (Lipinski definition) is 4. The highest BCUT2D eigenvalue weighted by Crippen LogP contribution is 2.48. The number of benzene rings is 1. The van der Waals surface area contributed by atoms with Gasteiger partial charge in [0, 0.05) is 12.0 Å². The third-order valence-corrected chi connectivity index (χ3v) is 4.10. The van der Waals surface area contributed by atoms with E-state index in [4.69, 9.17) is 9.47 Å². The van der Waals surface area contributed by atoms with Crippen LogP contribution < -0.4 is 4.74 Å². The van der Waals surface area contributed by atoms with Gasteiger partial charge in [-0.2, -0.15) is 0 Å². The van der Waals surface area contributed by atoms with Crippen LogP contribution in [0.3, 0.4) is 0 Å². The van der Waals surface area contributed by atoms with E-state index in [2.05, 4.69) is 0 Å². The average Bonchev–Trinajstić information content (AvgIpc) is 2.49. The Morgan fingerprint density at radius 1 is 1.39 bits per heavy atom. The maximum Gasteiger partial charge on any atom is 0.320 e. The van der Waals surface area contributed by atoms with Gasteiger partial charge in [-0.3, -0.25) is 9.59 Å². The molecule has 1 N–H and O–H groups in total. The summed E-state index contributed by atoms with van der Waals surface area (Å²) in [6.07, 6.45) is 0.289. The number of fused-ring (bicyclic) bond motifs is 1. The minimum atomic E-state index is -3.54. The molecule has 0 aromatic heterocycles. The summed E-state index contributed by atoms with van der Waals surface area (Å²) >= 11 is 0. The molecule has 5 nitrogen and oxygen atoms in total. The van der Waals surface area contributed by atoms with Crippen molar-refractivity contribution in [3.05, 3.63) is 29.3 Å². The van der Waals surface area contributed by atoms with E-state index in [1.54, 1.807) is 13.0 Å². The highest BCUT2D eigenvalue weighted by Gasteiger charge is 2.61. The van der Waals surface area contributed by atoms with Crippen molar-refractivity contribution in [3.8, 4) is 5.75 Å². The minimum absolute atomic E-state index is 0.0633. The molecule has 126 valence electrons. The van der Waals surface area contributed by atoms with Gasteiger partial charge in [0.15, 0.2) is 12.0 Å². The second-order valence-electron chi connectivity index (χ2n) is 5.52. The van der Waals surface area contributed by atoms with Gasteiger partial charge in [-0.25, -0.2) is 8.78 Å². The molecule has 0 saturated carbocycles. The number of rotatable bonds is 5. The highest BCUT2D eigenvalue weighted by molar-refractivity contribution is 5.84. The second kappa shape index (κ2) is 6.14. The smallest absolute Gasteiger partial charge is 0.320 e. The number of ether oxygens (including phenoxy) is 2. The zero-order chi connectivity index (χ0) is 17.3. The molecule has 23 heavy (non-hydrogen) atoms. The molecule has 0 fully saturated rings. The lowest BCUT2D eigenvalue weighted by Crippen LogP contribution is -2.55. The van der Waals surface area contributed by atoms with Crippen molar-refractivity contribution in [3.63, 3.8) is 0 Å². The zero-order valence-electron chi connectivity index (χ0n) is 12.9. The number of hydrogen-bond donors (Lipinski definition) is 1. The normalized spacial score (nSPS) is 21.9. The van der Waals surface area contributed by atoms with Gasteiger partial charge >= 0.3 is 17.9 Å². The maximum absolute atomic E-state index is 14.1. The van der Waals surface area contributed by atoms with E-state index in [9.17, 15) is 23.5 Å². The molecule has 0 spiro atoms. The minimum Gasteiger partial charge on any atom is -0.487 e. The first kappa shape index (κ1) is 17.2. The Bertz CT molecular complexity index is 629. The molecule has 0 radical (unpaired) electrons. The van der Waals surface area contributed by atoms with Gasteiger partial charge in [0.1, 0.15) is 5.75 Å². The van der Waals surface area contributed by atoms with Crippen molar-refractivity contribution in [2.45, 2.75) is 38.0 Å². The van der Waals surface area contributed by atoms with E-state index in [1.165, 1.54) is 12.1 Å². The Hall–Kier alpha value is -2.18. The lowest BCUT2D eigenvalue weighted by Gasteiger charge is -2.39. The number of halogens is 2. The van der Waals surface area contributed by atoms with Crippen LogP contribution in [0.2, 0.25) is 0 Å². The summed E-state index contributed by atoms with van der Waals surface area (Å²) in [5.41, 5.74) is -1.94. The largest absolute Gasteiger partial charge is 0.487 e. The van der Waals surface area contributed by atoms with Crippen molar-refractivity contribution in [2.24, 2.45) is 0 Å². The van der Waals surface area contributed by atoms with Gasteiger partial charge in [-0.15, -0.1) is 0 Å². The molecule has 1 aromatic rings. The number of carboxylic acid groups (broad SMARTS) is 1. The van der Waals surface area contributed by atoms with Crippen molar-refractivity contribution in [1.82, 2.24) is 0 Å². The quantitative estimate of drug-likeness (QED) is 0.841. The van der Waals surface area contributed by atoms with Crippen LogP contribution in [-0.4, -0.2) is 36.2 Å². The standard InChI is InChI=1S/C16H18F2O5/c1-3-22-12(19)8-7-10-5-4-6-11-13(10)23-9-16(17,18)15(11,2)14(20)21/h4-6H,3,7-9H2,1-2H3,(H,20,21). The molecule has 1 atom stereocenters. The summed E-state index contributed by atoms with van der Waals surface area (Å²) in [5, 5.41) is 9.35. The molecule has 1 unspecified atom stereocenters. The first-order valence-corrected chi connectivity index (χ1v) is 7.26. The molecule has 2 rings (SSSR count).